The van der Waals surface area contributed by atoms with Gasteiger partial charge < -0.3 is 14.4 Å². The number of aryl methyl sites for hydroxylation is 1. The third-order valence-corrected chi connectivity index (χ3v) is 3.55. The van der Waals surface area contributed by atoms with Crippen molar-refractivity contribution >= 4 is 17.6 Å². The molecular weight excluding hydrogens is 318 g/mol. The van der Waals surface area contributed by atoms with E-state index in [1.807, 2.05) is 15.7 Å². The molecule has 0 unspecified atom stereocenters. The van der Waals surface area contributed by atoms with E-state index in [4.69, 9.17) is 21.4 Å². The maximum Gasteiger partial charge on any atom is 0.317 e. The monoisotopic (exact) mass is 337 g/mol. The summed E-state index contributed by atoms with van der Waals surface area (Å²) in [4.78, 5) is 16.8. The third kappa shape index (κ3) is 6.71. The van der Waals surface area contributed by atoms with E-state index in [1.54, 1.807) is 36.8 Å². The summed E-state index contributed by atoms with van der Waals surface area (Å²) >= 11 is 5.82. The summed E-state index contributed by atoms with van der Waals surface area (Å²) in [6.45, 7) is 2.50. The Morgan fingerprint density at radius 3 is 2.74 bits per heavy atom. The number of hydrogen-bond donors (Lipinski definition) is 1. The normalized spacial score (nSPS) is 10.9. The largest absolute Gasteiger partial charge is 0.492 e. The van der Waals surface area contributed by atoms with Gasteiger partial charge in [0.25, 0.3) is 0 Å². The van der Waals surface area contributed by atoms with Gasteiger partial charge in [-0.2, -0.15) is 0 Å². The lowest BCUT2D eigenvalue weighted by Crippen LogP contribution is -2.34. The van der Waals surface area contributed by atoms with Crippen molar-refractivity contribution in [2.45, 2.75) is 13.0 Å². The lowest BCUT2D eigenvalue weighted by molar-refractivity contribution is -0.138. The Labute approximate surface area is 140 Å². The van der Waals surface area contributed by atoms with Crippen molar-refractivity contribution in [3.8, 4) is 5.75 Å². The molecule has 7 heteroatoms. The predicted octanol–water partition coefficient (Wildman–Crippen LogP) is 2.39. The fraction of sp³-hybridized carbons (Fsp3) is 0.375. The summed E-state index contributed by atoms with van der Waals surface area (Å²) in [7, 11) is 0. The maximum absolute atomic E-state index is 11.0. The zero-order valence-corrected chi connectivity index (χ0v) is 13.5. The molecule has 0 bridgehead atoms. The Morgan fingerprint density at radius 1 is 1.30 bits per heavy atom. The van der Waals surface area contributed by atoms with Crippen LogP contribution >= 0.6 is 11.6 Å². The fourth-order valence-corrected chi connectivity index (χ4v) is 2.31. The molecule has 1 aromatic heterocycles. The van der Waals surface area contributed by atoms with Gasteiger partial charge in [0.2, 0.25) is 0 Å². The molecule has 0 fully saturated rings. The molecule has 1 N–H and O–H groups in total. The highest BCUT2D eigenvalue weighted by Crippen LogP contribution is 2.15. The molecular formula is C16H20ClN3O3. The zero-order chi connectivity index (χ0) is 16.5. The molecule has 6 nitrogen and oxygen atoms in total. The smallest absolute Gasteiger partial charge is 0.317 e. The van der Waals surface area contributed by atoms with Crippen LogP contribution in [0, 0.1) is 0 Å². The number of hydrogen-bond acceptors (Lipinski definition) is 4. The molecule has 2 rings (SSSR count). The summed E-state index contributed by atoms with van der Waals surface area (Å²) in [6, 6.07) is 7.11. The molecule has 0 amide bonds. The van der Waals surface area contributed by atoms with Crippen LogP contribution in [-0.4, -0.2) is 51.8 Å². The number of ether oxygens (including phenoxy) is 1. The first-order valence-electron chi connectivity index (χ1n) is 7.42. The van der Waals surface area contributed by atoms with Crippen LogP contribution in [0.15, 0.2) is 43.0 Å². The van der Waals surface area contributed by atoms with Crippen molar-refractivity contribution in [2.24, 2.45) is 0 Å². The number of imidazole rings is 1. The summed E-state index contributed by atoms with van der Waals surface area (Å²) in [6.07, 6.45) is 6.23. The average Bonchev–Trinajstić information content (AvgIpc) is 3.02. The highest BCUT2D eigenvalue weighted by molar-refractivity contribution is 6.30. The first kappa shape index (κ1) is 17.3. The van der Waals surface area contributed by atoms with Crippen molar-refractivity contribution in [2.75, 3.05) is 26.2 Å². The Hall–Kier alpha value is -2.05. The molecule has 0 aliphatic rings. The van der Waals surface area contributed by atoms with Gasteiger partial charge in [0.15, 0.2) is 0 Å². The first-order chi connectivity index (χ1) is 11.1. The van der Waals surface area contributed by atoms with E-state index in [1.165, 1.54) is 0 Å². The number of benzene rings is 1. The van der Waals surface area contributed by atoms with Crippen LogP contribution in [0.1, 0.15) is 6.42 Å². The minimum absolute atomic E-state index is 0.00784. The van der Waals surface area contributed by atoms with Gasteiger partial charge in [-0.25, -0.2) is 4.98 Å². The highest BCUT2D eigenvalue weighted by atomic mass is 35.5. The second kappa shape index (κ2) is 9.17. The Morgan fingerprint density at radius 2 is 2.09 bits per heavy atom. The van der Waals surface area contributed by atoms with Crippen LogP contribution in [-0.2, 0) is 11.3 Å². The number of carboxylic acids is 1. The second-order valence-corrected chi connectivity index (χ2v) is 5.56. The number of nitrogens with zero attached hydrogens (tertiary/aromatic N) is 3. The number of aliphatic carboxylic acids is 1. The highest BCUT2D eigenvalue weighted by Gasteiger charge is 2.09. The molecule has 2 aromatic rings. The lowest BCUT2D eigenvalue weighted by Gasteiger charge is -2.20. The number of rotatable bonds is 10. The SMILES string of the molecule is O=C(O)CN(CCCn1ccnc1)CCOc1ccc(Cl)cc1. The summed E-state index contributed by atoms with van der Waals surface area (Å²) in [5, 5.41) is 9.66. The summed E-state index contributed by atoms with van der Waals surface area (Å²) < 4.78 is 7.59. The van der Waals surface area contributed by atoms with Crippen LogP contribution < -0.4 is 4.74 Å². The number of aromatic nitrogens is 2. The van der Waals surface area contributed by atoms with Crippen LogP contribution in [0.4, 0.5) is 0 Å². The van der Waals surface area contributed by atoms with E-state index in [-0.39, 0.29) is 6.54 Å². The van der Waals surface area contributed by atoms with Crippen molar-refractivity contribution in [1.82, 2.24) is 14.5 Å². The van der Waals surface area contributed by atoms with Gasteiger partial charge in [-0.15, -0.1) is 0 Å². The molecule has 23 heavy (non-hydrogen) atoms. The number of carbonyl (C=O) groups is 1. The van der Waals surface area contributed by atoms with Crippen LogP contribution in [0.5, 0.6) is 5.75 Å². The molecule has 0 aliphatic heterocycles. The van der Waals surface area contributed by atoms with Crippen LogP contribution in [0.2, 0.25) is 5.02 Å². The van der Waals surface area contributed by atoms with Crippen molar-refractivity contribution < 1.29 is 14.6 Å². The lowest BCUT2D eigenvalue weighted by atomic mass is 10.3. The molecule has 0 aliphatic carbocycles. The number of halogens is 1. The third-order valence-electron chi connectivity index (χ3n) is 3.30. The summed E-state index contributed by atoms with van der Waals surface area (Å²) in [5.74, 6) is -0.109. The van der Waals surface area contributed by atoms with E-state index in [0.717, 1.165) is 18.7 Å². The van der Waals surface area contributed by atoms with Gasteiger partial charge in [0, 0.05) is 37.1 Å². The summed E-state index contributed by atoms with van der Waals surface area (Å²) in [5.41, 5.74) is 0. The van der Waals surface area contributed by atoms with Gasteiger partial charge >= 0.3 is 5.97 Å². The fourth-order valence-electron chi connectivity index (χ4n) is 2.18. The second-order valence-electron chi connectivity index (χ2n) is 5.13. The molecule has 0 saturated heterocycles. The Bertz CT molecular complexity index is 587. The maximum atomic E-state index is 11.0. The molecule has 0 saturated carbocycles. The van der Waals surface area contributed by atoms with Crippen LogP contribution in [0.25, 0.3) is 0 Å². The van der Waals surface area contributed by atoms with Crippen LogP contribution in [0.3, 0.4) is 0 Å². The van der Waals surface area contributed by atoms with E-state index in [9.17, 15) is 4.79 Å². The predicted molar refractivity (Wildman–Crippen MR) is 87.9 cm³/mol. The van der Waals surface area contributed by atoms with Gasteiger partial charge in [-0.05, 0) is 30.7 Å². The van der Waals surface area contributed by atoms with Gasteiger partial charge in [0.1, 0.15) is 12.4 Å². The molecule has 124 valence electrons. The zero-order valence-electron chi connectivity index (χ0n) is 12.8. The molecule has 0 atom stereocenters. The molecule has 0 radical (unpaired) electrons. The van der Waals surface area contributed by atoms with Crippen molar-refractivity contribution in [3.63, 3.8) is 0 Å². The minimum atomic E-state index is -0.834. The molecule has 1 heterocycles. The topological polar surface area (TPSA) is 67.6 Å². The number of carboxylic acid groups (broad SMARTS) is 1. The molecule has 0 spiro atoms. The Kier molecular flexibility index (Phi) is 6.90. The van der Waals surface area contributed by atoms with Gasteiger partial charge in [-0.3, -0.25) is 9.69 Å². The van der Waals surface area contributed by atoms with Gasteiger partial charge in [-0.1, -0.05) is 11.6 Å². The minimum Gasteiger partial charge on any atom is -0.492 e. The van der Waals surface area contributed by atoms with E-state index >= 15 is 0 Å². The van der Waals surface area contributed by atoms with E-state index in [2.05, 4.69) is 4.98 Å². The standard InChI is InChI=1S/C16H20ClN3O3/c17-14-2-4-15(5-3-14)23-11-10-19(12-16(21)22)7-1-8-20-9-6-18-13-20/h2-6,9,13H,1,7-8,10-12H2,(H,21,22). The van der Waals surface area contributed by atoms with Gasteiger partial charge in [0.05, 0.1) is 12.9 Å². The van der Waals surface area contributed by atoms with E-state index < -0.39 is 5.97 Å². The van der Waals surface area contributed by atoms with Crippen molar-refractivity contribution in [1.29, 1.82) is 0 Å². The molecule has 1 aromatic carbocycles. The Balaban J connectivity index is 1.73. The quantitative estimate of drug-likeness (QED) is 0.721. The van der Waals surface area contributed by atoms with Crippen molar-refractivity contribution in [3.05, 3.63) is 48.0 Å². The first-order valence-corrected chi connectivity index (χ1v) is 7.79. The van der Waals surface area contributed by atoms with E-state index in [0.29, 0.717) is 24.7 Å². The average molecular weight is 338 g/mol.